The summed E-state index contributed by atoms with van der Waals surface area (Å²) in [7, 11) is 1.50. The molecular formula is C8H10ClNO3. The van der Waals surface area contributed by atoms with E-state index in [0.29, 0.717) is 5.75 Å². The Hall–Kier alpha value is -1.42. The van der Waals surface area contributed by atoms with Gasteiger partial charge in [-0.2, -0.15) is 0 Å². The number of nitrogen functional groups attached to an aromatic ring is 1. The molecule has 0 amide bonds. The third-order valence-corrected chi connectivity index (χ3v) is 1.49. The molecule has 0 saturated heterocycles. The molecule has 4 nitrogen and oxygen atoms in total. The number of hydrogen-bond acceptors (Lipinski definition) is 3. The lowest BCUT2D eigenvalue weighted by molar-refractivity contribution is 0.0698. The van der Waals surface area contributed by atoms with Crippen molar-refractivity contribution in [2.45, 2.75) is 0 Å². The summed E-state index contributed by atoms with van der Waals surface area (Å²) in [5, 5.41) is 8.61. The Balaban J connectivity index is 0.00000144. The van der Waals surface area contributed by atoms with Crippen LogP contribution in [0.2, 0.25) is 0 Å². The van der Waals surface area contributed by atoms with Crippen LogP contribution in [0.3, 0.4) is 0 Å². The molecule has 0 aliphatic rings. The highest BCUT2D eigenvalue weighted by atomic mass is 35.5. The first-order valence-electron chi connectivity index (χ1n) is 3.32. The Bertz CT molecular complexity index is 314. The Morgan fingerprint density at radius 1 is 1.54 bits per heavy atom. The van der Waals surface area contributed by atoms with Crippen molar-refractivity contribution in [3.8, 4) is 5.75 Å². The molecule has 5 heteroatoms. The summed E-state index contributed by atoms with van der Waals surface area (Å²) >= 11 is 0. The number of rotatable bonds is 2. The topological polar surface area (TPSA) is 72.5 Å². The van der Waals surface area contributed by atoms with E-state index in [1.54, 1.807) is 6.07 Å². The van der Waals surface area contributed by atoms with Gasteiger partial charge in [-0.3, -0.25) is 0 Å². The van der Waals surface area contributed by atoms with Crippen molar-refractivity contribution in [3.05, 3.63) is 23.8 Å². The fraction of sp³-hybridized carbons (Fsp3) is 0.125. The second-order valence-corrected chi connectivity index (χ2v) is 2.26. The van der Waals surface area contributed by atoms with Crippen molar-refractivity contribution in [2.75, 3.05) is 12.8 Å². The van der Waals surface area contributed by atoms with Gasteiger partial charge in [-0.1, -0.05) is 0 Å². The molecule has 1 aromatic carbocycles. The zero-order valence-electron chi connectivity index (χ0n) is 6.98. The van der Waals surface area contributed by atoms with Crippen LogP contribution >= 0.6 is 12.4 Å². The van der Waals surface area contributed by atoms with E-state index in [0.717, 1.165) is 0 Å². The molecule has 0 aromatic heterocycles. The third-order valence-electron chi connectivity index (χ3n) is 1.49. The van der Waals surface area contributed by atoms with Gasteiger partial charge in [0.2, 0.25) is 0 Å². The predicted molar refractivity (Wildman–Crippen MR) is 51.6 cm³/mol. The van der Waals surface area contributed by atoms with Crippen LogP contribution in [-0.2, 0) is 0 Å². The molecule has 0 fully saturated rings. The number of aromatic carboxylic acids is 1. The number of halogens is 1. The molecule has 1 rings (SSSR count). The number of nitrogens with two attached hydrogens (primary N) is 1. The van der Waals surface area contributed by atoms with E-state index in [1.165, 1.54) is 19.2 Å². The highest BCUT2D eigenvalue weighted by Crippen LogP contribution is 2.19. The van der Waals surface area contributed by atoms with Crippen molar-refractivity contribution >= 4 is 24.1 Å². The van der Waals surface area contributed by atoms with Gasteiger partial charge in [0.1, 0.15) is 5.75 Å². The highest BCUT2D eigenvalue weighted by Gasteiger charge is 2.07. The van der Waals surface area contributed by atoms with Crippen LogP contribution in [0, 0.1) is 0 Å². The van der Waals surface area contributed by atoms with Crippen LogP contribution in [0.25, 0.3) is 0 Å². The standard InChI is InChI=1S/C8H9NO3.ClH/c1-12-5-2-3-6(8(10)11)7(9)4-5;/h2-4H,9H2,1H3,(H,10,11);1H. The lowest BCUT2D eigenvalue weighted by Crippen LogP contribution is -2.02. The van der Waals surface area contributed by atoms with Crippen LogP contribution in [0.4, 0.5) is 5.69 Å². The Labute approximate surface area is 81.7 Å². The van der Waals surface area contributed by atoms with Gasteiger partial charge in [-0.25, -0.2) is 4.79 Å². The van der Waals surface area contributed by atoms with Gasteiger partial charge in [-0.05, 0) is 12.1 Å². The first kappa shape index (κ1) is 11.6. The fourth-order valence-corrected chi connectivity index (χ4v) is 0.863. The molecule has 13 heavy (non-hydrogen) atoms. The molecule has 0 radical (unpaired) electrons. The molecule has 0 atom stereocenters. The molecule has 0 heterocycles. The van der Waals surface area contributed by atoms with Gasteiger partial charge in [0.05, 0.1) is 12.7 Å². The average molecular weight is 204 g/mol. The molecule has 72 valence electrons. The van der Waals surface area contributed by atoms with Gasteiger partial charge >= 0.3 is 5.97 Å². The number of carbonyl (C=O) groups is 1. The zero-order chi connectivity index (χ0) is 9.14. The lowest BCUT2D eigenvalue weighted by atomic mass is 10.2. The fourth-order valence-electron chi connectivity index (χ4n) is 0.863. The minimum atomic E-state index is -1.03. The van der Waals surface area contributed by atoms with Crippen molar-refractivity contribution < 1.29 is 14.6 Å². The van der Waals surface area contributed by atoms with E-state index in [2.05, 4.69) is 0 Å². The van der Waals surface area contributed by atoms with Gasteiger partial charge in [-0.15, -0.1) is 12.4 Å². The third kappa shape index (κ3) is 2.52. The number of carboxylic acids is 1. The van der Waals surface area contributed by atoms with Gasteiger partial charge in [0.15, 0.2) is 0 Å². The summed E-state index contributed by atoms with van der Waals surface area (Å²) in [5.74, 6) is -0.479. The summed E-state index contributed by atoms with van der Waals surface area (Å²) in [6.07, 6.45) is 0. The molecule has 0 unspecified atom stereocenters. The second-order valence-electron chi connectivity index (χ2n) is 2.26. The van der Waals surface area contributed by atoms with Crippen molar-refractivity contribution in [1.82, 2.24) is 0 Å². The normalized spacial score (nSPS) is 8.69. The Morgan fingerprint density at radius 2 is 2.15 bits per heavy atom. The van der Waals surface area contributed by atoms with Gasteiger partial charge in [0, 0.05) is 11.8 Å². The van der Waals surface area contributed by atoms with E-state index in [4.69, 9.17) is 15.6 Å². The number of methoxy groups -OCH3 is 1. The van der Waals surface area contributed by atoms with E-state index in [-0.39, 0.29) is 23.7 Å². The smallest absolute Gasteiger partial charge is 0.337 e. The number of hydrogen-bond donors (Lipinski definition) is 2. The largest absolute Gasteiger partial charge is 0.497 e. The molecule has 0 spiro atoms. The predicted octanol–water partition coefficient (Wildman–Crippen LogP) is 1.40. The number of anilines is 1. The summed E-state index contributed by atoms with van der Waals surface area (Å²) in [4.78, 5) is 10.5. The summed E-state index contributed by atoms with van der Waals surface area (Å²) < 4.78 is 4.86. The molecule has 0 aliphatic carbocycles. The zero-order valence-corrected chi connectivity index (χ0v) is 7.80. The molecule has 0 saturated carbocycles. The van der Waals surface area contributed by atoms with Crippen molar-refractivity contribution in [2.24, 2.45) is 0 Å². The average Bonchev–Trinajstić information content (AvgIpc) is 2.03. The van der Waals surface area contributed by atoms with Crippen molar-refractivity contribution in [3.63, 3.8) is 0 Å². The molecule has 3 N–H and O–H groups in total. The molecule has 0 aliphatic heterocycles. The molecule has 0 bridgehead atoms. The monoisotopic (exact) mass is 203 g/mol. The summed E-state index contributed by atoms with van der Waals surface area (Å²) in [6.45, 7) is 0. The summed E-state index contributed by atoms with van der Waals surface area (Å²) in [6, 6.07) is 4.44. The van der Waals surface area contributed by atoms with Crippen LogP contribution in [0.5, 0.6) is 5.75 Å². The maximum absolute atomic E-state index is 10.5. The maximum Gasteiger partial charge on any atom is 0.337 e. The minimum absolute atomic E-state index is 0. The Kier molecular flexibility index (Phi) is 4.07. The Morgan fingerprint density at radius 3 is 2.54 bits per heavy atom. The van der Waals surface area contributed by atoms with E-state index < -0.39 is 5.97 Å². The van der Waals surface area contributed by atoms with Crippen LogP contribution in [0.1, 0.15) is 10.4 Å². The minimum Gasteiger partial charge on any atom is -0.497 e. The van der Waals surface area contributed by atoms with E-state index in [9.17, 15) is 4.79 Å². The SMILES string of the molecule is COc1ccc(C(=O)O)c(N)c1.Cl. The van der Waals surface area contributed by atoms with E-state index in [1.807, 2.05) is 0 Å². The number of ether oxygens (including phenoxy) is 1. The lowest BCUT2D eigenvalue weighted by Gasteiger charge is -2.03. The first-order chi connectivity index (χ1) is 5.65. The second kappa shape index (κ2) is 4.57. The van der Waals surface area contributed by atoms with Crippen LogP contribution < -0.4 is 10.5 Å². The van der Waals surface area contributed by atoms with Crippen LogP contribution in [-0.4, -0.2) is 18.2 Å². The van der Waals surface area contributed by atoms with Crippen LogP contribution in [0.15, 0.2) is 18.2 Å². The quantitative estimate of drug-likeness (QED) is 0.713. The molecular weight excluding hydrogens is 194 g/mol. The van der Waals surface area contributed by atoms with Gasteiger partial charge < -0.3 is 15.6 Å². The number of carboxylic acid groups (broad SMARTS) is 1. The van der Waals surface area contributed by atoms with Crippen molar-refractivity contribution in [1.29, 1.82) is 0 Å². The number of benzene rings is 1. The highest BCUT2D eigenvalue weighted by molar-refractivity contribution is 5.93. The molecule has 1 aromatic rings. The van der Waals surface area contributed by atoms with Gasteiger partial charge in [0.25, 0.3) is 0 Å². The summed E-state index contributed by atoms with van der Waals surface area (Å²) in [5.41, 5.74) is 5.74. The maximum atomic E-state index is 10.5. The first-order valence-corrected chi connectivity index (χ1v) is 3.32. The van der Waals surface area contributed by atoms with E-state index >= 15 is 0 Å².